The van der Waals surface area contributed by atoms with Crippen molar-refractivity contribution in [1.82, 2.24) is 5.43 Å². The lowest BCUT2D eigenvalue weighted by Crippen LogP contribution is -2.37. The molecule has 0 radical (unpaired) electrons. The van der Waals surface area contributed by atoms with E-state index in [1.807, 2.05) is 12.1 Å². The van der Waals surface area contributed by atoms with Gasteiger partial charge in [-0.3, -0.25) is 10.2 Å². The molecule has 1 aromatic carbocycles. The van der Waals surface area contributed by atoms with Gasteiger partial charge in [-0.2, -0.15) is 0 Å². The van der Waals surface area contributed by atoms with Crippen LogP contribution in [0.25, 0.3) is 0 Å². The first-order valence-corrected chi connectivity index (χ1v) is 8.71. The number of nitrogens with one attached hydrogen (secondary N) is 1. The molecule has 0 spiro atoms. The second-order valence-electron chi connectivity index (χ2n) is 6.13. The van der Waals surface area contributed by atoms with E-state index in [1.54, 1.807) is 19.2 Å². The molecule has 0 unspecified atom stereocenters. The fraction of sp³-hybridized carbons (Fsp3) is 0.611. The molecule has 2 rings (SSSR count). The number of rotatable bonds is 9. The average molecular weight is 335 g/mol. The van der Waals surface area contributed by atoms with Crippen LogP contribution in [0, 0.1) is 0 Å². The molecule has 0 bridgehead atoms. The van der Waals surface area contributed by atoms with Gasteiger partial charge in [-0.05, 0) is 56.4 Å². The number of carbonyl (C=O) groups is 1. The van der Waals surface area contributed by atoms with Crippen LogP contribution in [-0.2, 0) is 9.47 Å². The monoisotopic (exact) mass is 335 g/mol. The highest BCUT2D eigenvalue weighted by Crippen LogP contribution is 2.22. The summed E-state index contributed by atoms with van der Waals surface area (Å²) in [6.45, 7) is 3.65. The highest BCUT2D eigenvalue weighted by molar-refractivity contribution is 5.94. The molecule has 24 heavy (non-hydrogen) atoms. The number of methoxy groups -OCH3 is 1. The highest BCUT2D eigenvalue weighted by Gasteiger charge is 2.20. The van der Waals surface area contributed by atoms with Gasteiger partial charge in [-0.25, -0.2) is 5.84 Å². The molecule has 3 N–H and O–H groups in total. The fourth-order valence-electron chi connectivity index (χ4n) is 2.96. The van der Waals surface area contributed by atoms with E-state index in [0.717, 1.165) is 64.1 Å². The van der Waals surface area contributed by atoms with Gasteiger partial charge >= 0.3 is 0 Å². The van der Waals surface area contributed by atoms with Crippen LogP contribution in [-0.4, -0.2) is 45.4 Å². The van der Waals surface area contributed by atoms with E-state index in [0.29, 0.717) is 11.7 Å². The van der Waals surface area contributed by atoms with Crippen molar-refractivity contribution >= 4 is 11.6 Å². The third-order valence-corrected chi connectivity index (χ3v) is 4.41. The maximum Gasteiger partial charge on any atom is 0.265 e. The molecule has 134 valence electrons. The number of hydrazine groups is 1. The Morgan fingerprint density at radius 3 is 2.46 bits per heavy atom. The Balaban J connectivity index is 1.68. The zero-order valence-electron chi connectivity index (χ0n) is 14.5. The maximum absolute atomic E-state index is 11.5. The van der Waals surface area contributed by atoms with Crippen molar-refractivity contribution in [3.63, 3.8) is 0 Å². The molecule has 0 saturated carbocycles. The fourth-order valence-corrected chi connectivity index (χ4v) is 2.96. The molecule has 6 nitrogen and oxygen atoms in total. The normalized spacial score (nSPS) is 15.5. The Kier molecular flexibility index (Phi) is 8.01. The number of hydrogen-bond acceptors (Lipinski definition) is 5. The van der Waals surface area contributed by atoms with Gasteiger partial charge in [-0.15, -0.1) is 0 Å². The molecule has 1 aliphatic heterocycles. The number of ether oxygens (including phenoxy) is 2. The van der Waals surface area contributed by atoms with Crippen molar-refractivity contribution in [1.29, 1.82) is 0 Å². The molecule has 1 amide bonds. The van der Waals surface area contributed by atoms with Crippen LogP contribution in [0.3, 0.4) is 0 Å². The van der Waals surface area contributed by atoms with Gasteiger partial charge in [0.05, 0.1) is 6.10 Å². The van der Waals surface area contributed by atoms with Crippen LogP contribution in [0.5, 0.6) is 0 Å². The van der Waals surface area contributed by atoms with Gasteiger partial charge < -0.3 is 14.4 Å². The number of amides is 1. The van der Waals surface area contributed by atoms with E-state index in [9.17, 15) is 4.79 Å². The summed E-state index contributed by atoms with van der Waals surface area (Å²) in [4.78, 5) is 13.8. The van der Waals surface area contributed by atoms with Crippen molar-refractivity contribution in [2.24, 2.45) is 5.84 Å². The summed E-state index contributed by atoms with van der Waals surface area (Å²) in [7, 11) is 1.74. The van der Waals surface area contributed by atoms with E-state index in [1.165, 1.54) is 0 Å². The number of unbranched alkanes of at least 4 members (excludes halogenated alkanes) is 2. The maximum atomic E-state index is 11.5. The van der Waals surface area contributed by atoms with Crippen LogP contribution in [0.4, 0.5) is 5.69 Å². The van der Waals surface area contributed by atoms with E-state index in [-0.39, 0.29) is 5.91 Å². The van der Waals surface area contributed by atoms with Crippen molar-refractivity contribution in [2.45, 2.75) is 38.2 Å². The van der Waals surface area contributed by atoms with Crippen LogP contribution in [0.1, 0.15) is 42.5 Å². The number of nitrogens with two attached hydrogens (primary N) is 1. The molecule has 1 heterocycles. The van der Waals surface area contributed by atoms with Crippen molar-refractivity contribution < 1.29 is 14.3 Å². The van der Waals surface area contributed by atoms with Gasteiger partial charge in [0.15, 0.2) is 0 Å². The number of carbonyl (C=O) groups excluding carboxylic acids is 1. The SMILES string of the molecule is COCCCCCOC1CCN(c2ccc(C(=O)NN)cc2)CC1. The quantitative estimate of drug-likeness (QED) is 0.313. The van der Waals surface area contributed by atoms with Crippen molar-refractivity contribution in [3.8, 4) is 0 Å². The predicted octanol–water partition coefficient (Wildman–Crippen LogP) is 2.09. The van der Waals surface area contributed by atoms with E-state index < -0.39 is 0 Å². The third kappa shape index (κ3) is 5.78. The lowest BCUT2D eigenvalue weighted by molar-refractivity contribution is 0.0341. The minimum Gasteiger partial charge on any atom is -0.385 e. The predicted molar refractivity (Wildman–Crippen MR) is 95.0 cm³/mol. The van der Waals surface area contributed by atoms with Crippen molar-refractivity contribution in [3.05, 3.63) is 29.8 Å². The largest absolute Gasteiger partial charge is 0.385 e. The first-order valence-electron chi connectivity index (χ1n) is 8.71. The zero-order valence-corrected chi connectivity index (χ0v) is 14.5. The molecular formula is C18H29N3O3. The smallest absolute Gasteiger partial charge is 0.265 e. The van der Waals surface area contributed by atoms with Crippen LogP contribution in [0.15, 0.2) is 24.3 Å². The molecule has 0 atom stereocenters. The van der Waals surface area contributed by atoms with Crippen LogP contribution in [0.2, 0.25) is 0 Å². The first kappa shape index (κ1) is 18.7. The van der Waals surface area contributed by atoms with Crippen molar-refractivity contribution in [2.75, 3.05) is 38.3 Å². The Labute approximate surface area is 144 Å². The molecule has 1 saturated heterocycles. The molecule has 1 aliphatic rings. The third-order valence-electron chi connectivity index (χ3n) is 4.41. The summed E-state index contributed by atoms with van der Waals surface area (Å²) < 4.78 is 11.0. The summed E-state index contributed by atoms with van der Waals surface area (Å²) in [5, 5.41) is 0. The van der Waals surface area contributed by atoms with Crippen LogP contribution < -0.4 is 16.2 Å². The number of nitrogen functional groups attached to an aromatic ring is 1. The van der Waals surface area contributed by atoms with E-state index in [2.05, 4.69) is 10.3 Å². The number of anilines is 1. The Morgan fingerprint density at radius 2 is 1.83 bits per heavy atom. The first-order chi connectivity index (χ1) is 11.7. The van der Waals surface area contributed by atoms with Crippen LogP contribution >= 0.6 is 0 Å². The summed E-state index contributed by atoms with van der Waals surface area (Å²) in [6, 6.07) is 7.56. The second kappa shape index (κ2) is 10.3. The molecule has 1 fully saturated rings. The number of benzene rings is 1. The number of nitrogens with zero attached hydrogens (tertiary/aromatic N) is 1. The Morgan fingerprint density at radius 1 is 1.17 bits per heavy atom. The Bertz CT molecular complexity index is 485. The standard InChI is InChI=1S/C18H29N3O3/c1-23-13-3-2-4-14-24-17-9-11-21(12-10-17)16-7-5-15(6-8-16)18(22)20-19/h5-8,17H,2-4,9-14,19H2,1H3,(H,20,22). The van der Waals surface area contributed by atoms with Gasteiger partial charge in [0.1, 0.15) is 0 Å². The minimum atomic E-state index is -0.265. The average Bonchev–Trinajstić information content (AvgIpc) is 2.64. The molecule has 0 aliphatic carbocycles. The lowest BCUT2D eigenvalue weighted by atomic mass is 10.1. The summed E-state index contributed by atoms with van der Waals surface area (Å²) in [5.41, 5.74) is 3.86. The van der Waals surface area contributed by atoms with Gasteiger partial charge in [0.2, 0.25) is 0 Å². The minimum absolute atomic E-state index is 0.265. The van der Waals surface area contributed by atoms with E-state index in [4.69, 9.17) is 15.3 Å². The van der Waals surface area contributed by atoms with Gasteiger partial charge in [-0.1, -0.05) is 0 Å². The highest BCUT2D eigenvalue weighted by atomic mass is 16.5. The summed E-state index contributed by atoms with van der Waals surface area (Å²) >= 11 is 0. The topological polar surface area (TPSA) is 76.8 Å². The van der Waals surface area contributed by atoms with E-state index >= 15 is 0 Å². The molecule has 1 aromatic rings. The molecule has 0 aromatic heterocycles. The summed E-state index contributed by atoms with van der Waals surface area (Å²) in [6.07, 6.45) is 5.83. The lowest BCUT2D eigenvalue weighted by Gasteiger charge is -2.33. The molecule has 6 heteroatoms. The van der Waals surface area contributed by atoms with Gasteiger partial charge in [0, 0.05) is 44.7 Å². The number of piperidine rings is 1. The van der Waals surface area contributed by atoms with Gasteiger partial charge in [0.25, 0.3) is 5.91 Å². The summed E-state index contributed by atoms with van der Waals surface area (Å²) in [5.74, 6) is 4.88. The molecular weight excluding hydrogens is 306 g/mol. The zero-order chi connectivity index (χ0) is 17.2. The second-order valence-corrected chi connectivity index (χ2v) is 6.13. The number of hydrogen-bond donors (Lipinski definition) is 2. The Hall–Kier alpha value is -1.63.